The van der Waals surface area contributed by atoms with Crippen LogP contribution >= 0.6 is 0 Å². The standard InChI is InChI=1S/C3H5N2O2/c6-5(7)3-1-4-2-3/h4H,1-2H2. The van der Waals surface area contributed by atoms with Crippen molar-refractivity contribution < 1.29 is 4.92 Å². The van der Waals surface area contributed by atoms with Crippen LogP contribution in [0, 0.1) is 16.2 Å². The van der Waals surface area contributed by atoms with Crippen LogP contribution in [-0.2, 0) is 0 Å². The van der Waals surface area contributed by atoms with Gasteiger partial charge in [0.1, 0.15) is 0 Å². The Labute approximate surface area is 40.7 Å². The molecule has 0 bridgehead atoms. The molecule has 0 saturated carbocycles. The highest BCUT2D eigenvalue weighted by Crippen LogP contribution is 2.03. The fraction of sp³-hybridized carbons (Fsp3) is 0.667. The van der Waals surface area contributed by atoms with Crippen molar-refractivity contribution in [1.82, 2.24) is 5.32 Å². The Morgan fingerprint density at radius 2 is 2.29 bits per heavy atom. The van der Waals surface area contributed by atoms with Crippen molar-refractivity contribution in [2.75, 3.05) is 13.1 Å². The van der Waals surface area contributed by atoms with Gasteiger partial charge in [-0.05, 0) is 0 Å². The number of hydrogen-bond acceptors (Lipinski definition) is 3. The third-order valence-corrected chi connectivity index (χ3v) is 0.916. The first-order valence-corrected chi connectivity index (χ1v) is 2.00. The topological polar surface area (TPSA) is 55.2 Å². The molecule has 1 aliphatic rings. The maximum atomic E-state index is 9.71. The predicted octanol–water partition coefficient (Wildman–Crippen LogP) is -0.602. The molecule has 1 radical (unpaired) electrons. The fourth-order valence-corrected chi connectivity index (χ4v) is 0.366. The molecule has 1 aliphatic heterocycles. The quantitative estimate of drug-likeness (QED) is 0.354. The molecule has 0 aliphatic carbocycles. The second-order valence-corrected chi connectivity index (χ2v) is 1.43. The molecule has 39 valence electrons. The van der Waals surface area contributed by atoms with E-state index in [4.69, 9.17) is 0 Å². The van der Waals surface area contributed by atoms with E-state index in [1.165, 1.54) is 0 Å². The molecule has 7 heavy (non-hydrogen) atoms. The zero-order valence-electron chi connectivity index (χ0n) is 3.68. The molecule has 1 N–H and O–H groups in total. The summed E-state index contributed by atoms with van der Waals surface area (Å²) in [5, 5.41) is 12.5. The molecule has 1 fully saturated rings. The molecule has 0 aromatic carbocycles. The van der Waals surface area contributed by atoms with Crippen LogP contribution in [0.2, 0.25) is 0 Å². The monoisotopic (exact) mass is 101 g/mol. The van der Waals surface area contributed by atoms with E-state index in [0.29, 0.717) is 19.1 Å². The van der Waals surface area contributed by atoms with Gasteiger partial charge >= 0.3 is 6.04 Å². The summed E-state index contributed by atoms with van der Waals surface area (Å²) in [7, 11) is 0. The summed E-state index contributed by atoms with van der Waals surface area (Å²) >= 11 is 0. The molecular formula is C3H5N2O2. The van der Waals surface area contributed by atoms with Crippen LogP contribution in [0.1, 0.15) is 0 Å². The Bertz CT molecular complexity index is 88.9. The summed E-state index contributed by atoms with van der Waals surface area (Å²) in [6.07, 6.45) is 0. The second kappa shape index (κ2) is 1.46. The van der Waals surface area contributed by atoms with Crippen LogP contribution in [0.25, 0.3) is 0 Å². The highest BCUT2D eigenvalue weighted by atomic mass is 16.6. The van der Waals surface area contributed by atoms with Gasteiger partial charge < -0.3 is 5.32 Å². The number of nitrogens with zero attached hydrogens (tertiary/aromatic N) is 1. The van der Waals surface area contributed by atoms with Crippen LogP contribution in [0.4, 0.5) is 0 Å². The van der Waals surface area contributed by atoms with E-state index in [0.717, 1.165) is 0 Å². The molecule has 0 aromatic rings. The van der Waals surface area contributed by atoms with Gasteiger partial charge in [-0.1, -0.05) is 0 Å². The zero-order chi connectivity index (χ0) is 5.28. The molecule has 0 atom stereocenters. The molecule has 4 nitrogen and oxygen atoms in total. The van der Waals surface area contributed by atoms with E-state index in [1.807, 2.05) is 0 Å². The summed E-state index contributed by atoms with van der Waals surface area (Å²) in [6.45, 7) is 0.931. The number of hydrogen-bond donors (Lipinski definition) is 1. The van der Waals surface area contributed by atoms with Crippen molar-refractivity contribution in [2.24, 2.45) is 0 Å². The number of nitro groups is 1. The lowest BCUT2D eigenvalue weighted by atomic mass is 10.2. The smallest absolute Gasteiger partial charge is 0.303 e. The van der Waals surface area contributed by atoms with E-state index >= 15 is 0 Å². The molecule has 0 unspecified atom stereocenters. The van der Waals surface area contributed by atoms with Gasteiger partial charge in [0, 0.05) is 4.92 Å². The molecule has 1 rings (SSSR count). The molecule has 0 spiro atoms. The molecule has 0 amide bonds. The van der Waals surface area contributed by atoms with Gasteiger partial charge in [0.25, 0.3) is 0 Å². The van der Waals surface area contributed by atoms with E-state index in [9.17, 15) is 10.1 Å². The van der Waals surface area contributed by atoms with Crippen molar-refractivity contribution in [1.29, 1.82) is 0 Å². The van der Waals surface area contributed by atoms with Gasteiger partial charge in [-0.25, -0.2) is 0 Å². The van der Waals surface area contributed by atoms with Crippen molar-refractivity contribution in [3.05, 3.63) is 16.2 Å². The molecule has 1 saturated heterocycles. The van der Waals surface area contributed by atoms with Crippen LogP contribution in [0.3, 0.4) is 0 Å². The minimum atomic E-state index is -0.337. The van der Waals surface area contributed by atoms with Crippen molar-refractivity contribution in [2.45, 2.75) is 0 Å². The Morgan fingerprint density at radius 3 is 2.29 bits per heavy atom. The lowest BCUT2D eigenvalue weighted by Gasteiger charge is -2.15. The summed E-state index contributed by atoms with van der Waals surface area (Å²) in [4.78, 5) is 9.37. The highest BCUT2D eigenvalue weighted by Gasteiger charge is 2.30. The maximum Gasteiger partial charge on any atom is 0.317 e. The SMILES string of the molecule is O=[N+]([O-])[C]1CNC1. The normalized spacial score (nSPS) is 21.1. The largest absolute Gasteiger partial charge is 0.317 e. The predicted molar refractivity (Wildman–Crippen MR) is 23.1 cm³/mol. The zero-order valence-corrected chi connectivity index (χ0v) is 3.68. The fourth-order valence-electron chi connectivity index (χ4n) is 0.366. The molecular weight excluding hydrogens is 96.0 g/mol. The van der Waals surface area contributed by atoms with Gasteiger partial charge in [-0.2, -0.15) is 0 Å². The van der Waals surface area contributed by atoms with E-state index < -0.39 is 0 Å². The van der Waals surface area contributed by atoms with E-state index in [-0.39, 0.29) is 4.92 Å². The highest BCUT2D eigenvalue weighted by molar-refractivity contribution is 4.92. The van der Waals surface area contributed by atoms with Crippen LogP contribution in [0.5, 0.6) is 0 Å². The third kappa shape index (κ3) is 0.691. The summed E-state index contributed by atoms with van der Waals surface area (Å²) in [5.74, 6) is 0. The lowest BCUT2D eigenvalue weighted by Crippen LogP contribution is -2.44. The molecule has 0 aromatic heterocycles. The molecule has 1 heterocycles. The van der Waals surface area contributed by atoms with Crippen LogP contribution in [-0.4, -0.2) is 18.0 Å². The van der Waals surface area contributed by atoms with Crippen molar-refractivity contribution in [3.8, 4) is 0 Å². The van der Waals surface area contributed by atoms with Gasteiger partial charge in [0.2, 0.25) is 0 Å². The molecule has 4 heteroatoms. The van der Waals surface area contributed by atoms with E-state index in [1.54, 1.807) is 0 Å². The Balaban J connectivity index is 2.27. The average molecular weight is 101 g/mol. The summed E-state index contributed by atoms with van der Waals surface area (Å²) < 4.78 is 0. The minimum absolute atomic E-state index is 0.337. The first-order chi connectivity index (χ1) is 3.30. The summed E-state index contributed by atoms with van der Waals surface area (Å²) in [6, 6.07) is 0.389. The first-order valence-electron chi connectivity index (χ1n) is 2.00. The Hall–Kier alpha value is -0.640. The third-order valence-electron chi connectivity index (χ3n) is 0.916. The number of rotatable bonds is 1. The van der Waals surface area contributed by atoms with Crippen LogP contribution in [0.15, 0.2) is 0 Å². The second-order valence-electron chi connectivity index (χ2n) is 1.43. The van der Waals surface area contributed by atoms with Crippen molar-refractivity contribution in [3.63, 3.8) is 0 Å². The van der Waals surface area contributed by atoms with Gasteiger partial charge in [0.15, 0.2) is 0 Å². The first kappa shape index (κ1) is 4.52. The maximum absolute atomic E-state index is 9.71. The summed E-state index contributed by atoms with van der Waals surface area (Å²) in [5.41, 5.74) is 0. The van der Waals surface area contributed by atoms with Gasteiger partial charge in [-0.15, -0.1) is 0 Å². The Morgan fingerprint density at radius 1 is 1.71 bits per heavy atom. The Kier molecular flexibility index (Phi) is 0.941. The van der Waals surface area contributed by atoms with Crippen molar-refractivity contribution >= 4 is 0 Å². The van der Waals surface area contributed by atoms with E-state index in [2.05, 4.69) is 5.32 Å². The van der Waals surface area contributed by atoms with Gasteiger partial charge in [0.05, 0.1) is 13.1 Å². The number of nitrogens with one attached hydrogen (secondary N) is 1. The average Bonchev–Trinajstić information content (AvgIpc) is 1.23. The van der Waals surface area contributed by atoms with Crippen LogP contribution < -0.4 is 5.32 Å². The van der Waals surface area contributed by atoms with Gasteiger partial charge in [-0.3, -0.25) is 10.1 Å². The minimum Gasteiger partial charge on any atom is -0.303 e. The lowest BCUT2D eigenvalue weighted by molar-refractivity contribution is -0.473.